The first kappa shape index (κ1) is 45.8. The molecule has 2 saturated carbocycles. The van der Waals surface area contributed by atoms with Gasteiger partial charge in [0.2, 0.25) is 17.6 Å². The van der Waals surface area contributed by atoms with Crippen molar-refractivity contribution in [2.24, 2.45) is 17.1 Å². The summed E-state index contributed by atoms with van der Waals surface area (Å²) in [4.78, 5) is 79.4. The minimum absolute atomic E-state index is 0. The van der Waals surface area contributed by atoms with Crippen molar-refractivity contribution in [3.8, 4) is 0 Å². The number of urea groups is 1. The molecule has 292 valence electrons. The van der Waals surface area contributed by atoms with E-state index in [9.17, 15) is 28.8 Å². The Morgan fingerprint density at radius 3 is 1.98 bits per heavy atom. The molecule has 5 N–H and O–H groups in total. The van der Waals surface area contributed by atoms with Crippen molar-refractivity contribution in [2.75, 3.05) is 6.54 Å². The molecule has 1 aliphatic heterocycles. The number of ether oxygens (including phenoxy) is 1. The van der Waals surface area contributed by atoms with Gasteiger partial charge < -0.3 is 31.3 Å². The van der Waals surface area contributed by atoms with Crippen LogP contribution in [0, 0.1) is 11.3 Å². The molecule has 3 aliphatic rings. The van der Waals surface area contributed by atoms with Crippen molar-refractivity contribution >= 4 is 35.5 Å². The lowest BCUT2D eigenvalue weighted by molar-refractivity contribution is -0.159. The molecular formula is C40H65N5O7. The van der Waals surface area contributed by atoms with Gasteiger partial charge in [0.05, 0.1) is 6.04 Å². The van der Waals surface area contributed by atoms with Gasteiger partial charge in [-0.25, -0.2) is 9.59 Å². The monoisotopic (exact) mass is 727 g/mol. The highest BCUT2D eigenvalue weighted by atomic mass is 16.5. The molecule has 1 aromatic carbocycles. The number of hydrogen-bond acceptors (Lipinski definition) is 7. The number of benzene rings is 1. The second kappa shape index (κ2) is 21.3. The van der Waals surface area contributed by atoms with Crippen LogP contribution in [0.15, 0.2) is 43.5 Å². The maximum Gasteiger partial charge on any atom is 0.332 e. The highest BCUT2D eigenvalue weighted by molar-refractivity contribution is 6.37. The molecule has 4 rings (SSSR count). The van der Waals surface area contributed by atoms with Crippen LogP contribution in [0.4, 0.5) is 4.79 Å². The van der Waals surface area contributed by atoms with Gasteiger partial charge in [-0.15, -0.1) is 13.2 Å². The van der Waals surface area contributed by atoms with Crippen molar-refractivity contribution in [3.05, 3.63) is 49.1 Å². The van der Waals surface area contributed by atoms with E-state index in [1.807, 2.05) is 37.3 Å². The van der Waals surface area contributed by atoms with E-state index in [4.69, 9.17) is 10.5 Å². The Morgan fingerprint density at radius 2 is 1.50 bits per heavy atom. The minimum atomic E-state index is -1.24. The zero-order valence-electron chi connectivity index (χ0n) is 31.6. The van der Waals surface area contributed by atoms with Gasteiger partial charge >= 0.3 is 12.0 Å². The molecule has 12 heteroatoms. The van der Waals surface area contributed by atoms with E-state index in [2.05, 4.69) is 36.0 Å². The second-order valence-corrected chi connectivity index (χ2v) is 14.8. The second-order valence-electron chi connectivity index (χ2n) is 14.8. The Morgan fingerprint density at radius 1 is 0.923 bits per heavy atom. The number of likely N-dealkylation sites (tertiary alicyclic amines) is 1. The van der Waals surface area contributed by atoms with Crippen LogP contribution < -0.4 is 21.7 Å². The van der Waals surface area contributed by atoms with Crippen molar-refractivity contribution < 1.29 is 33.5 Å². The first-order chi connectivity index (χ1) is 24.1. The van der Waals surface area contributed by atoms with Gasteiger partial charge in [0.25, 0.3) is 5.91 Å². The number of nitrogens with zero attached hydrogens (tertiary/aromatic N) is 1. The smallest absolute Gasteiger partial charge is 0.332 e. The fourth-order valence-electron chi connectivity index (χ4n) is 6.29. The number of carbonyl (C=O) groups is 6. The molecule has 5 amide bonds. The van der Waals surface area contributed by atoms with E-state index in [0.29, 0.717) is 32.1 Å². The molecule has 3 fully saturated rings. The molecule has 0 spiro atoms. The number of nitrogens with two attached hydrogens (primary N) is 1. The first-order valence-electron chi connectivity index (χ1n) is 18.4. The maximum atomic E-state index is 14.0. The third-order valence-corrected chi connectivity index (χ3v) is 9.62. The van der Waals surface area contributed by atoms with Gasteiger partial charge in [0.1, 0.15) is 23.7 Å². The SMILES string of the molecule is C.C=C.CC1CC1.CCC(NC(=O)C1CCCN1C(=O)[C@@H](NC(=O)NC1(C(=O)OC(CC)c2ccccc2)CCCCC1)C(C)(C)C)C(=O)C(N)=O. The molecule has 1 heterocycles. The summed E-state index contributed by atoms with van der Waals surface area (Å²) in [5.41, 5.74) is 4.00. The third-order valence-electron chi connectivity index (χ3n) is 9.62. The number of carbonyl (C=O) groups excluding carboxylic acids is 6. The van der Waals surface area contributed by atoms with Gasteiger partial charge in [-0.1, -0.05) is 111 Å². The predicted molar refractivity (Wildman–Crippen MR) is 204 cm³/mol. The number of nitrogens with one attached hydrogen (secondary N) is 3. The Labute approximate surface area is 311 Å². The number of primary amides is 1. The zero-order chi connectivity index (χ0) is 38.4. The summed E-state index contributed by atoms with van der Waals surface area (Å²) in [6, 6.07) is 5.78. The molecule has 1 saturated heterocycles. The largest absolute Gasteiger partial charge is 0.456 e. The van der Waals surface area contributed by atoms with Gasteiger partial charge in [-0.3, -0.25) is 19.2 Å². The Kier molecular flexibility index (Phi) is 18.8. The molecule has 12 nitrogen and oxygen atoms in total. The Bertz CT molecular complexity index is 1340. The molecule has 1 aromatic rings. The summed E-state index contributed by atoms with van der Waals surface area (Å²) in [6.45, 7) is 17.5. The number of Topliss-reactive ketones (excluding diaryl/α,β-unsaturated/α-hetero) is 1. The lowest BCUT2D eigenvalue weighted by Gasteiger charge is -2.39. The van der Waals surface area contributed by atoms with Crippen molar-refractivity contribution in [2.45, 2.75) is 149 Å². The average molecular weight is 728 g/mol. The quantitative estimate of drug-likeness (QED) is 0.118. The standard InChI is InChI=1S/C33H49N5O7.C4H8.C2H4.CH4/c1-6-22(25(39)27(34)40)35-28(41)23-17-14-20-38(23)29(42)26(32(3,4)5)36-31(44)37-33(18-12-9-13-19-33)30(43)45-24(7-2)21-15-10-8-11-16-21;1-4-2-3-4;1-2;/h8,10-11,15-16,22-24,26H,6-7,9,12-14,17-20H2,1-5H3,(H2,34,40)(H,35,41)(H2,36,37,44);4H,2-3H2,1H3;1-2H2;1H4/t22?,23?,24?,26-;;;/m1.../s1. The number of hydrogen-bond donors (Lipinski definition) is 4. The fourth-order valence-corrected chi connectivity index (χ4v) is 6.29. The molecular weight excluding hydrogens is 662 g/mol. The van der Waals surface area contributed by atoms with Crippen molar-refractivity contribution in [1.82, 2.24) is 20.9 Å². The van der Waals surface area contributed by atoms with Gasteiger partial charge in [-0.05, 0) is 55.4 Å². The third kappa shape index (κ3) is 13.1. The van der Waals surface area contributed by atoms with Crippen LogP contribution in [0.5, 0.6) is 0 Å². The molecule has 0 radical (unpaired) electrons. The summed E-state index contributed by atoms with van der Waals surface area (Å²) in [6.07, 6.45) is 7.37. The number of rotatable bonds is 12. The summed E-state index contributed by atoms with van der Waals surface area (Å²) >= 11 is 0. The average Bonchev–Trinajstić information content (AvgIpc) is 3.74. The molecule has 4 atom stereocenters. The lowest BCUT2D eigenvalue weighted by atomic mass is 9.81. The van der Waals surface area contributed by atoms with Crippen molar-refractivity contribution in [1.29, 1.82) is 0 Å². The molecule has 2 aliphatic carbocycles. The van der Waals surface area contributed by atoms with Crippen LogP contribution in [0.25, 0.3) is 0 Å². The van der Waals surface area contributed by atoms with Crippen LogP contribution in [-0.2, 0) is 28.7 Å². The zero-order valence-corrected chi connectivity index (χ0v) is 31.6. The molecule has 0 bridgehead atoms. The number of esters is 1. The van der Waals surface area contributed by atoms with Gasteiger partial charge in [0, 0.05) is 6.54 Å². The van der Waals surface area contributed by atoms with Crippen LogP contribution in [-0.4, -0.2) is 70.6 Å². The van der Waals surface area contributed by atoms with E-state index in [0.717, 1.165) is 30.7 Å². The van der Waals surface area contributed by atoms with E-state index in [1.54, 1.807) is 27.7 Å². The lowest BCUT2D eigenvalue weighted by Crippen LogP contribution is -2.64. The molecule has 3 unspecified atom stereocenters. The van der Waals surface area contributed by atoms with Gasteiger partial charge in [-0.2, -0.15) is 0 Å². The molecule has 0 aromatic heterocycles. The van der Waals surface area contributed by atoms with Crippen LogP contribution >= 0.6 is 0 Å². The highest BCUT2D eigenvalue weighted by Crippen LogP contribution is 2.33. The van der Waals surface area contributed by atoms with Gasteiger partial charge in [0.15, 0.2) is 0 Å². The normalized spacial score (nSPS) is 19.3. The van der Waals surface area contributed by atoms with Crippen LogP contribution in [0.1, 0.15) is 131 Å². The molecule has 52 heavy (non-hydrogen) atoms. The highest BCUT2D eigenvalue weighted by Gasteiger charge is 2.46. The van der Waals surface area contributed by atoms with E-state index in [1.165, 1.54) is 17.7 Å². The fraction of sp³-hybridized carbons (Fsp3) is 0.650. The topological polar surface area (TPSA) is 177 Å². The maximum absolute atomic E-state index is 14.0. The summed E-state index contributed by atoms with van der Waals surface area (Å²) in [5, 5.41) is 8.27. The van der Waals surface area contributed by atoms with Crippen LogP contribution in [0.3, 0.4) is 0 Å². The summed E-state index contributed by atoms with van der Waals surface area (Å²) < 4.78 is 5.99. The van der Waals surface area contributed by atoms with Crippen LogP contribution in [0.2, 0.25) is 0 Å². The van der Waals surface area contributed by atoms with Crippen molar-refractivity contribution in [3.63, 3.8) is 0 Å². The summed E-state index contributed by atoms with van der Waals surface area (Å²) in [7, 11) is 0. The predicted octanol–water partition coefficient (Wildman–Crippen LogP) is 5.89. The van der Waals surface area contributed by atoms with E-state index in [-0.39, 0.29) is 20.4 Å². The Hall–Kier alpha value is -4.22. The number of ketones is 1. The number of amides is 5. The van der Waals surface area contributed by atoms with E-state index >= 15 is 0 Å². The van der Waals surface area contributed by atoms with E-state index < -0.39 is 70.7 Å². The Balaban J connectivity index is 0.00000177. The first-order valence-corrected chi connectivity index (χ1v) is 18.4. The summed E-state index contributed by atoms with van der Waals surface area (Å²) in [5.74, 6) is -2.49. The minimum Gasteiger partial charge on any atom is -0.456 e.